The van der Waals surface area contributed by atoms with Crippen LogP contribution in [-0.2, 0) is 16.0 Å². The van der Waals surface area contributed by atoms with E-state index in [0.29, 0.717) is 0 Å². The second-order valence-corrected chi connectivity index (χ2v) is 6.15. The number of hydrogen-bond acceptors (Lipinski definition) is 3. The molecule has 1 N–H and O–H groups in total. The van der Waals surface area contributed by atoms with Crippen LogP contribution in [0.4, 0.5) is 0 Å². The molecule has 0 spiro atoms. The van der Waals surface area contributed by atoms with Gasteiger partial charge in [-0.1, -0.05) is 24.3 Å². The lowest BCUT2D eigenvalue weighted by molar-refractivity contribution is -0.140. The van der Waals surface area contributed by atoms with Crippen LogP contribution >= 0.6 is 0 Å². The normalized spacial score (nSPS) is 20.4. The van der Waals surface area contributed by atoms with Crippen molar-refractivity contribution >= 4 is 11.8 Å². The second-order valence-electron chi connectivity index (χ2n) is 6.15. The van der Waals surface area contributed by atoms with Gasteiger partial charge in [-0.05, 0) is 45.2 Å². The summed E-state index contributed by atoms with van der Waals surface area (Å²) >= 11 is 0. The van der Waals surface area contributed by atoms with E-state index in [2.05, 4.69) is 31.3 Å². The van der Waals surface area contributed by atoms with Crippen LogP contribution in [0.25, 0.3) is 0 Å². The van der Waals surface area contributed by atoms with Gasteiger partial charge in [0.1, 0.15) is 0 Å². The number of nitrogens with one attached hydrogen (secondary N) is 1. The van der Waals surface area contributed by atoms with Crippen molar-refractivity contribution in [2.45, 2.75) is 58.7 Å². The van der Waals surface area contributed by atoms with Crippen molar-refractivity contribution in [1.82, 2.24) is 10.2 Å². The summed E-state index contributed by atoms with van der Waals surface area (Å²) in [6, 6.07) is 7.96. The van der Waals surface area contributed by atoms with Gasteiger partial charge in [0.05, 0.1) is 12.5 Å². The van der Waals surface area contributed by atoms with Crippen molar-refractivity contribution in [1.29, 1.82) is 0 Å². The highest BCUT2D eigenvalue weighted by Crippen LogP contribution is 2.17. The maximum absolute atomic E-state index is 12.3. The van der Waals surface area contributed by atoms with E-state index in [0.717, 1.165) is 6.42 Å². The third-order valence-electron chi connectivity index (χ3n) is 3.97. The number of aryl methyl sites for hydroxylation is 1. The highest BCUT2D eigenvalue weighted by atomic mass is 16.2. The van der Waals surface area contributed by atoms with Crippen LogP contribution in [0.2, 0.25) is 0 Å². The molecule has 1 aromatic rings. The van der Waals surface area contributed by atoms with Gasteiger partial charge < -0.3 is 5.32 Å². The highest BCUT2D eigenvalue weighted by molar-refractivity contribution is 6.05. The molecule has 0 radical (unpaired) electrons. The van der Waals surface area contributed by atoms with Crippen LogP contribution in [0.15, 0.2) is 24.3 Å². The molecule has 2 amide bonds. The number of benzene rings is 1. The summed E-state index contributed by atoms with van der Waals surface area (Å²) in [6.45, 7) is 7.89. The molecule has 1 heterocycles. The Morgan fingerprint density at radius 3 is 2.48 bits per heavy atom. The molecule has 4 nitrogen and oxygen atoms in total. The summed E-state index contributed by atoms with van der Waals surface area (Å²) in [6.07, 6.45) is 1.13. The SMILES string of the molecule is Cc1ccccc1CC(C)NC1CC(=O)N(C(C)C)C1=O. The van der Waals surface area contributed by atoms with Crippen LogP contribution in [0, 0.1) is 6.92 Å². The molecule has 1 aliphatic heterocycles. The van der Waals surface area contributed by atoms with Crippen molar-refractivity contribution in [3.63, 3.8) is 0 Å². The van der Waals surface area contributed by atoms with E-state index in [4.69, 9.17) is 0 Å². The van der Waals surface area contributed by atoms with Crippen molar-refractivity contribution < 1.29 is 9.59 Å². The maximum atomic E-state index is 12.3. The molecular formula is C17H24N2O2. The molecule has 0 saturated carbocycles. The number of carbonyl (C=O) groups excluding carboxylic acids is 2. The Morgan fingerprint density at radius 2 is 1.90 bits per heavy atom. The maximum Gasteiger partial charge on any atom is 0.247 e. The molecule has 21 heavy (non-hydrogen) atoms. The molecule has 1 aliphatic rings. The summed E-state index contributed by atoms with van der Waals surface area (Å²) in [5.74, 6) is -0.165. The first-order valence-corrected chi connectivity index (χ1v) is 7.56. The van der Waals surface area contributed by atoms with E-state index >= 15 is 0 Å². The van der Waals surface area contributed by atoms with Gasteiger partial charge in [-0.3, -0.25) is 14.5 Å². The third-order valence-corrected chi connectivity index (χ3v) is 3.97. The zero-order chi connectivity index (χ0) is 15.6. The number of nitrogens with zero attached hydrogens (tertiary/aromatic N) is 1. The molecule has 114 valence electrons. The Kier molecular flexibility index (Phi) is 4.78. The van der Waals surface area contributed by atoms with Gasteiger partial charge >= 0.3 is 0 Å². The molecule has 4 heteroatoms. The molecule has 1 aromatic carbocycles. The quantitative estimate of drug-likeness (QED) is 0.844. The van der Waals surface area contributed by atoms with E-state index in [-0.39, 0.29) is 36.4 Å². The summed E-state index contributed by atoms with van der Waals surface area (Å²) in [5, 5.41) is 3.31. The topological polar surface area (TPSA) is 49.4 Å². The van der Waals surface area contributed by atoms with Crippen molar-refractivity contribution in [2.75, 3.05) is 0 Å². The van der Waals surface area contributed by atoms with Gasteiger partial charge in [0.2, 0.25) is 11.8 Å². The molecule has 0 bridgehead atoms. The van der Waals surface area contributed by atoms with Gasteiger partial charge in [-0.15, -0.1) is 0 Å². The minimum atomic E-state index is -0.376. The fourth-order valence-corrected chi connectivity index (χ4v) is 2.90. The third kappa shape index (κ3) is 3.50. The summed E-state index contributed by atoms with van der Waals surface area (Å²) < 4.78 is 0. The van der Waals surface area contributed by atoms with Crippen LogP contribution in [-0.4, -0.2) is 34.8 Å². The van der Waals surface area contributed by atoms with Crippen LogP contribution in [0.5, 0.6) is 0 Å². The standard InChI is InChI=1S/C17H24N2O2/c1-11(2)19-16(20)10-15(17(19)21)18-13(4)9-14-8-6-5-7-12(14)3/h5-8,11,13,15,18H,9-10H2,1-4H3. The van der Waals surface area contributed by atoms with E-state index in [1.165, 1.54) is 16.0 Å². The van der Waals surface area contributed by atoms with Crippen LogP contribution in [0.1, 0.15) is 38.3 Å². The number of hydrogen-bond donors (Lipinski definition) is 1. The fraction of sp³-hybridized carbons (Fsp3) is 0.529. The van der Waals surface area contributed by atoms with Crippen molar-refractivity contribution in [2.24, 2.45) is 0 Å². The minimum absolute atomic E-state index is 0.0662. The van der Waals surface area contributed by atoms with E-state index in [9.17, 15) is 9.59 Å². The zero-order valence-corrected chi connectivity index (χ0v) is 13.2. The van der Waals surface area contributed by atoms with Crippen LogP contribution in [0.3, 0.4) is 0 Å². The van der Waals surface area contributed by atoms with Gasteiger partial charge in [-0.2, -0.15) is 0 Å². The Hall–Kier alpha value is -1.68. The predicted octanol–water partition coefficient (Wildman–Crippen LogP) is 2.05. The number of rotatable bonds is 5. The Labute approximate surface area is 126 Å². The molecule has 1 saturated heterocycles. The number of amides is 2. The predicted molar refractivity (Wildman–Crippen MR) is 82.9 cm³/mol. The number of likely N-dealkylation sites (tertiary alicyclic amines) is 1. The zero-order valence-electron chi connectivity index (χ0n) is 13.2. The molecule has 0 aliphatic carbocycles. The number of imide groups is 1. The average Bonchev–Trinajstić information content (AvgIpc) is 2.67. The summed E-state index contributed by atoms with van der Waals surface area (Å²) in [7, 11) is 0. The lowest BCUT2D eigenvalue weighted by atomic mass is 10.0. The lowest BCUT2D eigenvalue weighted by Gasteiger charge is -2.21. The van der Waals surface area contributed by atoms with Gasteiger partial charge in [-0.25, -0.2) is 0 Å². The molecule has 1 fully saturated rings. The average molecular weight is 288 g/mol. The summed E-state index contributed by atoms with van der Waals surface area (Å²) in [5.41, 5.74) is 2.53. The largest absolute Gasteiger partial charge is 0.303 e. The fourth-order valence-electron chi connectivity index (χ4n) is 2.90. The second kappa shape index (κ2) is 6.39. The van der Waals surface area contributed by atoms with Gasteiger partial charge in [0, 0.05) is 12.1 Å². The summed E-state index contributed by atoms with van der Waals surface area (Å²) in [4.78, 5) is 25.5. The highest BCUT2D eigenvalue weighted by Gasteiger charge is 2.40. The molecule has 0 aromatic heterocycles. The first-order chi connectivity index (χ1) is 9.90. The van der Waals surface area contributed by atoms with Crippen LogP contribution < -0.4 is 5.32 Å². The minimum Gasteiger partial charge on any atom is -0.303 e. The molecule has 2 rings (SSSR count). The van der Waals surface area contributed by atoms with Gasteiger partial charge in [0.15, 0.2) is 0 Å². The number of carbonyl (C=O) groups is 2. The van der Waals surface area contributed by atoms with E-state index in [1.54, 1.807) is 0 Å². The van der Waals surface area contributed by atoms with Gasteiger partial charge in [0.25, 0.3) is 0 Å². The molecule has 2 unspecified atom stereocenters. The van der Waals surface area contributed by atoms with Crippen molar-refractivity contribution in [3.05, 3.63) is 35.4 Å². The smallest absolute Gasteiger partial charge is 0.247 e. The Morgan fingerprint density at radius 1 is 1.24 bits per heavy atom. The molecular weight excluding hydrogens is 264 g/mol. The first kappa shape index (κ1) is 15.7. The van der Waals surface area contributed by atoms with E-state index in [1.807, 2.05) is 26.0 Å². The lowest BCUT2D eigenvalue weighted by Crippen LogP contribution is -2.45. The Bertz CT molecular complexity index is 539. The first-order valence-electron chi connectivity index (χ1n) is 7.56. The Balaban J connectivity index is 1.98. The van der Waals surface area contributed by atoms with Crippen molar-refractivity contribution in [3.8, 4) is 0 Å². The van der Waals surface area contributed by atoms with E-state index < -0.39 is 0 Å². The monoisotopic (exact) mass is 288 g/mol. The molecule has 2 atom stereocenters.